The highest BCUT2D eigenvalue weighted by molar-refractivity contribution is 5.93. The number of nitrogens with one attached hydrogen (secondary N) is 1. The number of aromatic nitrogens is 3. The van der Waals surface area contributed by atoms with E-state index >= 15 is 0 Å². The van der Waals surface area contributed by atoms with Crippen LogP contribution in [0.3, 0.4) is 0 Å². The Hall–Kier alpha value is -3.28. The minimum absolute atomic E-state index is 0.289. The first-order valence-corrected chi connectivity index (χ1v) is 9.48. The normalized spacial score (nSPS) is 11.8. The van der Waals surface area contributed by atoms with Gasteiger partial charge in [0, 0.05) is 29.7 Å². The maximum Gasteiger partial charge on any atom is 0.267 e. The van der Waals surface area contributed by atoms with Crippen LogP contribution < -0.4 is 10.9 Å². The number of anilines is 1. The highest BCUT2D eigenvalue weighted by Crippen LogP contribution is 2.16. The van der Waals surface area contributed by atoms with Gasteiger partial charge in [0.2, 0.25) is 5.91 Å². The highest BCUT2D eigenvalue weighted by Gasteiger charge is 2.18. The van der Waals surface area contributed by atoms with Gasteiger partial charge in [0.05, 0.1) is 5.69 Å². The minimum atomic E-state index is -0.742. The molecule has 1 aromatic carbocycles. The van der Waals surface area contributed by atoms with Gasteiger partial charge in [-0.25, -0.2) is 4.68 Å². The van der Waals surface area contributed by atoms with Gasteiger partial charge in [0.1, 0.15) is 6.04 Å². The maximum absolute atomic E-state index is 12.6. The first-order valence-electron chi connectivity index (χ1n) is 9.48. The van der Waals surface area contributed by atoms with Gasteiger partial charge in [-0.2, -0.15) is 5.10 Å². The second-order valence-electron chi connectivity index (χ2n) is 6.70. The second-order valence-corrected chi connectivity index (χ2v) is 6.70. The molecule has 2 heterocycles. The molecule has 3 aromatic rings. The van der Waals surface area contributed by atoms with E-state index in [1.807, 2.05) is 36.4 Å². The van der Waals surface area contributed by atoms with Gasteiger partial charge < -0.3 is 5.32 Å². The van der Waals surface area contributed by atoms with Crippen molar-refractivity contribution in [1.29, 1.82) is 0 Å². The molecule has 6 heteroatoms. The summed E-state index contributed by atoms with van der Waals surface area (Å²) in [4.78, 5) is 28.9. The summed E-state index contributed by atoms with van der Waals surface area (Å²) in [7, 11) is 0. The van der Waals surface area contributed by atoms with Crippen molar-refractivity contribution in [1.82, 2.24) is 14.8 Å². The van der Waals surface area contributed by atoms with E-state index in [9.17, 15) is 9.59 Å². The Morgan fingerprint density at radius 1 is 1.07 bits per heavy atom. The van der Waals surface area contributed by atoms with Gasteiger partial charge in [0.25, 0.3) is 5.56 Å². The quantitative estimate of drug-likeness (QED) is 0.679. The van der Waals surface area contributed by atoms with E-state index in [1.165, 1.54) is 16.3 Å². The molecule has 0 spiro atoms. The monoisotopic (exact) mass is 376 g/mol. The Morgan fingerprint density at radius 3 is 2.46 bits per heavy atom. The van der Waals surface area contributed by atoms with E-state index in [0.29, 0.717) is 11.4 Å². The van der Waals surface area contributed by atoms with Crippen LogP contribution in [0.25, 0.3) is 11.3 Å². The molecule has 144 valence electrons. The first kappa shape index (κ1) is 19.5. The summed E-state index contributed by atoms with van der Waals surface area (Å²) in [5.74, 6) is -0.289. The third kappa shape index (κ3) is 4.71. The van der Waals surface area contributed by atoms with Crippen molar-refractivity contribution in [3.63, 3.8) is 0 Å². The van der Waals surface area contributed by atoms with Crippen LogP contribution in [0.2, 0.25) is 0 Å². The summed E-state index contributed by atoms with van der Waals surface area (Å²) in [5, 5.41) is 7.23. The average molecular weight is 376 g/mol. The zero-order chi connectivity index (χ0) is 19.9. The van der Waals surface area contributed by atoms with E-state index in [-0.39, 0.29) is 11.5 Å². The zero-order valence-corrected chi connectivity index (χ0v) is 16.1. The number of benzene rings is 1. The van der Waals surface area contributed by atoms with Crippen LogP contribution in [-0.4, -0.2) is 20.7 Å². The second kappa shape index (κ2) is 9.08. The Labute approximate surface area is 164 Å². The Bertz CT molecular complexity index is 981. The minimum Gasteiger partial charge on any atom is -0.324 e. The number of carbonyl (C=O) groups excluding carboxylic acids is 1. The van der Waals surface area contributed by atoms with Gasteiger partial charge in [-0.1, -0.05) is 25.5 Å². The maximum atomic E-state index is 12.6. The van der Waals surface area contributed by atoms with E-state index in [0.717, 1.165) is 24.8 Å². The number of hydrogen-bond donors (Lipinski definition) is 1. The van der Waals surface area contributed by atoms with Crippen molar-refractivity contribution in [2.45, 2.75) is 39.2 Å². The van der Waals surface area contributed by atoms with Crippen molar-refractivity contribution in [2.24, 2.45) is 0 Å². The van der Waals surface area contributed by atoms with Gasteiger partial charge in [-0.05, 0) is 55.7 Å². The molecular weight excluding hydrogens is 352 g/mol. The standard InChI is InChI=1S/C22H24N4O2/c1-3-4-5-17-6-8-19(9-7-17)24-22(28)16(2)26-21(27)11-10-20(25-26)18-12-14-23-15-13-18/h6-16H,3-5H2,1-2H3,(H,24,28). The van der Waals surface area contributed by atoms with Crippen molar-refractivity contribution in [3.05, 3.63) is 76.8 Å². The Balaban J connectivity index is 1.75. The average Bonchev–Trinajstić information content (AvgIpc) is 2.73. The number of amides is 1. The number of pyridine rings is 1. The molecule has 0 radical (unpaired) electrons. The molecule has 0 fully saturated rings. The molecule has 3 rings (SSSR count). The highest BCUT2D eigenvalue weighted by atomic mass is 16.2. The molecule has 0 aliphatic heterocycles. The largest absolute Gasteiger partial charge is 0.324 e. The summed E-state index contributed by atoms with van der Waals surface area (Å²) < 4.78 is 1.21. The van der Waals surface area contributed by atoms with E-state index in [2.05, 4.69) is 22.3 Å². The van der Waals surface area contributed by atoms with Crippen LogP contribution in [0.15, 0.2) is 65.7 Å². The third-order valence-corrected chi connectivity index (χ3v) is 4.59. The number of rotatable bonds is 7. The first-order chi connectivity index (χ1) is 13.6. The fourth-order valence-corrected chi connectivity index (χ4v) is 2.87. The molecule has 0 saturated heterocycles. The molecule has 0 aliphatic carbocycles. The number of nitrogens with zero attached hydrogens (tertiary/aromatic N) is 3. The van der Waals surface area contributed by atoms with Crippen molar-refractivity contribution < 1.29 is 4.79 Å². The topological polar surface area (TPSA) is 76.9 Å². The van der Waals surface area contributed by atoms with Gasteiger partial charge in [0.15, 0.2) is 0 Å². The molecule has 1 N–H and O–H groups in total. The van der Waals surface area contributed by atoms with Crippen LogP contribution >= 0.6 is 0 Å². The zero-order valence-electron chi connectivity index (χ0n) is 16.1. The summed E-state index contributed by atoms with van der Waals surface area (Å²) in [6.07, 6.45) is 6.64. The van der Waals surface area contributed by atoms with Crippen LogP contribution in [0, 0.1) is 0 Å². The number of carbonyl (C=O) groups is 1. The summed E-state index contributed by atoms with van der Waals surface area (Å²) >= 11 is 0. The molecule has 1 atom stereocenters. The number of unbranched alkanes of at least 4 members (excludes halogenated alkanes) is 1. The lowest BCUT2D eigenvalue weighted by molar-refractivity contribution is -0.119. The Morgan fingerprint density at radius 2 is 1.79 bits per heavy atom. The summed E-state index contributed by atoms with van der Waals surface area (Å²) in [6.45, 7) is 3.82. The van der Waals surface area contributed by atoms with Gasteiger partial charge >= 0.3 is 0 Å². The van der Waals surface area contributed by atoms with Crippen molar-refractivity contribution >= 4 is 11.6 Å². The molecule has 0 bridgehead atoms. The van der Waals surface area contributed by atoms with E-state index in [4.69, 9.17) is 0 Å². The molecule has 6 nitrogen and oxygen atoms in total. The predicted octanol–water partition coefficient (Wildman–Crippen LogP) is 3.85. The van der Waals surface area contributed by atoms with Crippen LogP contribution in [0.4, 0.5) is 5.69 Å². The molecule has 0 saturated carbocycles. The molecular formula is C22H24N4O2. The van der Waals surface area contributed by atoms with Crippen LogP contribution in [0.5, 0.6) is 0 Å². The van der Waals surface area contributed by atoms with Crippen molar-refractivity contribution in [2.75, 3.05) is 5.32 Å². The van der Waals surface area contributed by atoms with Crippen molar-refractivity contribution in [3.8, 4) is 11.3 Å². The molecule has 28 heavy (non-hydrogen) atoms. The third-order valence-electron chi connectivity index (χ3n) is 4.59. The molecule has 2 aromatic heterocycles. The molecule has 1 unspecified atom stereocenters. The van der Waals surface area contributed by atoms with E-state index < -0.39 is 6.04 Å². The van der Waals surface area contributed by atoms with Crippen LogP contribution in [-0.2, 0) is 11.2 Å². The lowest BCUT2D eigenvalue weighted by Crippen LogP contribution is -2.33. The van der Waals surface area contributed by atoms with Crippen LogP contribution in [0.1, 0.15) is 38.3 Å². The van der Waals surface area contributed by atoms with E-state index in [1.54, 1.807) is 25.4 Å². The lowest BCUT2D eigenvalue weighted by Gasteiger charge is -2.15. The lowest BCUT2D eigenvalue weighted by atomic mass is 10.1. The Kier molecular flexibility index (Phi) is 6.32. The summed E-state index contributed by atoms with van der Waals surface area (Å²) in [6, 6.07) is 13.8. The fourth-order valence-electron chi connectivity index (χ4n) is 2.87. The van der Waals surface area contributed by atoms with Gasteiger partial charge in [-0.3, -0.25) is 14.6 Å². The van der Waals surface area contributed by atoms with Gasteiger partial charge in [-0.15, -0.1) is 0 Å². The smallest absolute Gasteiger partial charge is 0.267 e. The summed E-state index contributed by atoms with van der Waals surface area (Å²) in [5.41, 5.74) is 3.07. The fraction of sp³-hybridized carbons (Fsp3) is 0.273. The number of aryl methyl sites for hydroxylation is 1. The SMILES string of the molecule is CCCCc1ccc(NC(=O)C(C)n2nc(-c3ccncc3)ccc2=O)cc1. The predicted molar refractivity (Wildman–Crippen MR) is 110 cm³/mol. The molecule has 0 aliphatic rings. The molecule has 1 amide bonds. The number of hydrogen-bond acceptors (Lipinski definition) is 4.